The van der Waals surface area contributed by atoms with Gasteiger partial charge in [0.1, 0.15) is 0 Å². The molecule has 0 fully saturated rings. The Hall–Kier alpha value is -0.430. The second kappa shape index (κ2) is 7.38. The van der Waals surface area contributed by atoms with Crippen LogP contribution in [0.3, 0.4) is 0 Å². The number of nitrogens with one attached hydrogen (secondary N) is 1. The summed E-state index contributed by atoms with van der Waals surface area (Å²) in [6.07, 6.45) is 1.27. The minimum absolute atomic E-state index is 0.580. The molecule has 5 nitrogen and oxygen atoms in total. The topological polar surface area (TPSA) is 59.3 Å². The highest BCUT2D eigenvalue weighted by Gasteiger charge is 2.24. The SMILES string of the molecule is COCCNCCC(C)(O)Cc1c(Br)c(C)nn1C. The minimum Gasteiger partial charge on any atom is -0.390 e. The molecule has 1 atom stereocenters. The van der Waals surface area contributed by atoms with Crippen molar-refractivity contribution < 1.29 is 9.84 Å². The quantitative estimate of drug-likeness (QED) is 0.706. The standard InChI is InChI=1S/C13H24BrN3O2/c1-10-12(14)11(17(3)16-10)9-13(2,18)5-6-15-7-8-19-4/h15,18H,5-9H2,1-4H3. The first kappa shape index (κ1) is 16.6. The van der Waals surface area contributed by atoms with E-state index in [1.54, 1.807) is 7.11 Å². The minimum atomic E-state index is -0.747. The van der Waals surface area contributed by atoms with Crippen LogP contribution >= 0.6 is 15.9 Å². The van der Waals surface area contributed by atoms with E-state index in [1.807, 2.05) is 25.6 Å². The molecule has 6 heteroatoms. The van der Waals surface area contributed by atoms with E-state index in [9.17, 15) is 5.11 Å². The van der Waals surface area contributed by atoms with Crippen LogP contribution in [0.15, 0.2) is 4.47 Å². The molecule has 1 unspecified atom stereocenters. The fourth-order valence-corrected chi connectivity index (χ4v) is 2.45. The zero-order valence-electron chi connectivity index (χ0n) is 12.2. The summed E-state index contributed by atoms with van der Waals surface area (Å²) in [4.78, 5) is 0. The van der Waals surface area contributed by atoms with Gasteiger partial charge in [0.25, 0.3) is 0 Å². The van der Waals surface area contributed by atoms with E-state index in [2.05, 4.69) is 26.3 Å². The van der Waals surface area contributed by atoms with Crippen molar-refractivity contribution in [2.24, 2.45) is 7.05 Å². The van der Waals surface area contributed by atoms with Crippen molar-refractivity contribution in [3.63, 3.8) is 0 Å². The average Bonchev–Trinajstić information content (AvgIpc) is 2.55. The molecule has 0 radical (unpaired) electrons. The van der Waals surface area contributed by atoms with Crippen molar-refractivity contribution in [1.82, 2.24) is 15.1 Å². The normalized spacial score (nSPS) is 14.6. The summed E-state index contributed by atoms with van der Waals surface area (Å²) in [5.41, 5.74) is 1.23. The van der Waals surface area contributed by atoms with Crippen LogP contribution in [0.2, 0.25) is 0 Å². The second-order valence-electron chi connectivity index (χ2n) is 5.14. The number of hydrogen-bond donors (Lipinski definition) is 2. The molecule has 0 saturated carbocycles. The highest BCUT2D eigenvalue weighted by Crippen LogP contribution is 2.25. The van der Waals surface area contributed by atoms with E-state index in [0.29, 0.717) is 19.4 Å². The third-order valence-electron chi connectivity index (χ3n) is 3.13. The van der Waals surface area contributed by atoms with Crippen LogP contribution in [-0.2, 0) is 18.2 Å². The maximum atomic E-state index is 10.4. The van der Waals surface area contributed by atoms with Crippen molar-refractivity contribution in [2.45, 2.75) is 32.3 Å². The Labute approximate surface area is 123 Å². The molecule has 0 aliphatic heterocycles. The second-order valence-corrected chi connectivity index (χ2v) is 5.93. The first-order chi connectivity index (χ1) is 8.87. The molecule has 0 bridgehead atoms. The molecule has 1 rings (SSSR count). The maximum Gasteiger partial charge on any atom is 0.0738 e. The molecule has 19 heavy (non-hydrogen) atoms. The van der Waals surface area contributed by atoms with Crippen LogP contribution in [0.5, 0.6) is 0 Å². The van der Waals surface area contributed by atoms with E-state index >= 15 is 0 Å². The van der Waals surface area contributed by atoms with Gasteiger partial charge >= 0.3 is 0 Å². The van der Waals surface area contributed by atoms with Crippen LogP contribution < -0.4 is 5.32 Å². The van der Waals surface area contributed by atoms with Gasteiger partial charge in [0.2, 0.25) is 0 Å². The predicted octanol–water partition coefficient (Wildman–Crippen LogP) is 1.41. The predicted molar refractivity (Wildman–Crippen MR) is 79.3 cm³/mol. The van der Waals surface area contributed by atoms with E-state index in [4.69, 9.17) is 4.74 Å². The van der Waals surface area contributed by atoms with Gasteiger partial charge in [-0.1, -0.05) is 0 Å². The van der Waals surface area contributed by atoms with Crippen molar-refractivity contribution >= 4 is 15.9 Å². The van der Waals surface area contributed by atoms with Gasteiger partial charge in [0.15, 0.2) is 0 Å². The molecule has 1 heterocycles. The highest BCUT2D eigenvalue weighted by molar-refractivity contribution is 9.10. The number of methoxy groups -OCH3 is 1. The van der Waals surface area contributed by atoms with Gasteiger partial charge in [-0.3, -0.25) is 4.68 Å². The molecule has 2 N–H and O–H groups in total. The average molecular weight is 334 g/mol. The Morgan fingerprint density at radius 3 is 2.68 bits per heavy atom. The first-order valence-electron chi connectivity index (χ1n) is 6.47. The van der Waals surface area contributed by atoms with Crippen molar-refractivity contribution in [3.8, 4) is 0 Å². The molecule has 0 aromatic carbocycles. The lowest BCUT2D eigenvalue weighted by atomic mass is 9.96. The lowest BCUT2D eigenvalue weighted by molar-refractivity contribution is 0.0490. The zero-order valence-corrected chi connectivity index (χ0v) is 13.7. The number of ether oxygens (including phenoxy) is 1. The van der Waals surface area contributed by atoms with Gasteiger partial charge < -0.3 is 15.2 Å². The molecule has 1 aromatic heterocycles. The summed E-state index contributed by atoms with van der Waals surface area (Å²) in [6.45, 7) is 6.08. The third-order valence-corrected chi connectivity index (χ3v) is 4.16. The first-order valence-corrected chi connectivity index (χ1v) is 7.26. The van der Waals surface area contributed by atoms with Gasteiger partial charge in [-0.25, -0.2) is 0 Å². The maximum absolute atomic E-state index is 10.4. The molecule has 0 spiro atoms. The lowest BCUT2D eigenvalue weighted by Crippen LogP contribution is -2.33. The lowest BCUT2D eigenvalue weighted by Gasteiger charge is -2.23. The van der Waals surface area contributed by atoms with Crippen molar-refractivity contribution in [3.05, 3.63) is 15.9 Å². The molecule has 0 aliphatic rings. The summed E-state index contributed by atoms with van der Waals surface area (Å²) in [5, 5.41) is 18.0. The Kier molecular flexibility index (Phi) is 6.46. The third kappa shape index (κ3) is 5.22. The van der Waals surface area contributed by atoms with E-state index in [1.165, 1.54) is 0 Å². The number of aliphatic hydroxyl groups is 1. The van der Waals surface area contributed by atoms with Gasteiger partial charge in [-0.05, 0) is 42.7 Å². The molecule has 1 aromatic rings. The van der Waals surface area contributed by atoms with Crippen LogP contribution in [0.25, 0.3) is 0 Å². The Morgan fingerprint density at radius 1 is 1.47 bits per heavy atom. The summed E-state index contributed by atoms with van der Waals surface area (Å²) in [7, 11) is 3.58. The van der Waals surface area contributed by atoms with Crippen LogP contribution in [0, 0.1) is 6.92 Å². The van der Waals surface area contributed by atoms with E-state index in [0.717, 1.165) is 29.0 Å². The highest BCUT2D eigenvalue weighted by atomic mass is 79.9. The summed E-state index contributed by atoms with van der Waals surface area (Å²) in [6, 6.07) is 0. The molecule has 0 saturated heterocycles. The molecule has 0 amide bonds. The Morgan fingerprint density at radius 2 is 2.16 bits per heavy atom. The Bertz CT molecular complexity index is 405. The number of hydrogen-bond acceptors (Lipinski definition) is 4. The fraction of sp³-hybridized carbons (Fsp3) is 0.769. The smallest absolute Gasteiger partial charge is 0.0738 e. The Balaban J connectivity index is 2.49. The number of aromatic nitrogens is 2. The number of aryl methyl sites for hydroxylation is 2. The number of nitrogens with zero attached hydrogens (tertiary/aromatic N) is 2. The molecular formula is C13H24BrN3O2. The summed E-state index contributed by atoms with van der Waals surface area (Å²) in [5.74, 6) is 0. The van der Waals surface area contributed by atoms with Crippen LogP contribution in [-0.4, -0.2) is 47.3 Å². The van der Waals surface area contributed by atoms with Gasteiger partial charge in [-0.15, -0.1) is 0 Å². The zero-order chi connectivity index (χ0) is 14.5. The molecule has 110 valence electrons. The fourth-order valence-electron chi connectivity index (χ4n) is 1.98. The van der Waals surface area contributed by atoms with Crippen LogP contribution in [0.1, 0.15) is 24.7 Å². The largest absolute Gasteiger partial charge is 0.390 e. The van der Waals surface area contributed by atoms with Gasteiger partial charge in [0, 0.05) is 27.1 Å². The monoisotopic (exact) mass is 333 g/mol. The summed E-state index contributed by atoms with van der Waals surface area (Å²) >= 11 is 3.53. The van der Waals surface area contributed by atoms with Crippen molar-refractivity contribution in [2.75, 3.05) is 26.8 Å². The van der Waals surface area contributed by atoms with Gasteiger partial charge in [-0.2, -0.15) is 5.10 Å². The number of halogens is 1. The summed E-state index contributed by atoms with van der Waals surface area (Å²) < 4.78 is 7.78. The van der Waals surface area contributed by atoms with E-state index < -0.39 is 5.60 Å². The van der Waals surface area contributed by atoms with Crippen molar-refractivity contribution in [1.29, 1.82) is 0 Å². The molecule has 0 aliphatic carbocycles. The number of rotatable bonds is 8. The van der Waals surface area contributed by atoms with Gasteiger partial charge in [0.05, 0.1) is 28.1 Å². The van der Waals surface area contributed by atoms with E-state index in [-0.39, 0.29) is 0 Å². The molecular weight excluding hydrogens is 310 g/mol. The van der Waals surface area contributed by atoms with Crippen LogP contribution in [0.4, 0.5) is 0 Å².